The first-order valence-electron chi connectivity index (χ1n) is 7.88. The molecule has 0 radical (unpaired) electrons. The third kappa shape index (κ3) is 2.55. The molecule has 0 aromatic heterocycles. The SMILES string of the molecule is O=C(O)CCC1O/C(=C2/C(=O)Nc3cc(F)ccc32)c2ccccc21. The molecule has 0 saturated carbocycles. The topological polar surface area (TPSA) is 75.6 Å². The minimum Gasteiger partial charge on any atom is -0.484 e. The first-order valence-corrected chi connectivity index (χ1v) is 7.88. The third-order valence-corrected chi connectivity index (χ3v) is 4.39. The van der Waals surface area contributed by atoms with Crippen LogP contribution >= 0.6 is 0 Å². The summed E-state index contributed by atoms with van der Waals surface area (Å²) in [7, 11) is 0. The third-order valence-electron chi connectivity index (χ3n) is 4.39. The Morgan fingerprint density at radius 2 is 2.00 bits per heavy atom. The molecule has 0 spiro atoms. The number of anilines is 1. The van der Waals surface area contributed by atoms with Crippen molar-refractivity contribution in [3.8, 4) is 0 Å². The number of carbonyl (C=O) groups is 2. The molecular weight excluding hydrogens is 325 g/mol. The zero-order valence-electron chi connectivity index (χ0n) is 13.1. The molecule has 1 atom stereocenters. The van der Waals surface area contributed by atoms with E-state index in [1.165, 1.54) is 12.1 Å². The van der Waals surface area contributed by atoms with E-state index < -0.39 is 17.9 Å². The van der Waals surface area contributed by atoms with Crippen molar-refractivity contribution in [3.05, 3.63) is 65.0 Å². The van der Waals surface area contributed by atoms with Crippen LogP contribution in [0.5, 0.6) is 0 Å². The molecule has 2 N–H and O–H groups in total. The molecule has 5 nitrogen and oxygen atoms in total. The number of fused-ring (bicyclic) bond motifs is 2. The van der Waals surface area contributed by atoms with Crippen LogP contribution in [0.3, 0.4) is 0 Å². The maximum absolute atomic E-state index is 13.4. The van der Waals surface area contributed by atoms with Gasteiger partial charge in [0.15, 0.2) is 0 Å². The van der Waals surface area contributed by atoms with Gasteiger partial charge in [0.25, 0.3) is 5.91 Å². The molecule has 2 heterocycles. The molecule has 1 unspecified atom stereocenters. The predicted octanol–water partition coefficient (Wildman–Crippen LogP) is 3.58. The van der Waals surface area contributed by atoms with Gasteiger partial charge < -0.3 is 15.2 Å². The van der Waals surface area contributed by atoms with E-state index in [4.69, 9.17) is 9.84 Å². The van der Waals surface area contributed by atoms with Gasteiger partial charge in [0, 0.05) is 23.1 Å². The number of halogens is 1. The largest absolute Gasteiger partial charge is 0.484 e. The van der Waals surface area contributed by atoms with Crippen LogP contribution in [0.1, 0.15) is 35.6 Å². The van der Waals surface area contributed by atoms with Gasteiger partial charge in [0.2, 0.25) is 0 Å². The molecule has 0 fully saturated rings. The Hall–Kier alpha value is -3.15. The van der Waals surface area contributed by atoms with Crippen LogP contribution in [0.25, 0.3) is 11.3 Å². The lowest BCUT2D eigenvalue weighted by molar-refractivity contribution is -0.137. The second kappa shape index (κ2) is 5.73. The summed E-state index contributed by atoms with van der Waals surface area (Å²) < 4.78 is 19.4. The van der Waals surface area contributed by atoms with Crippen LogP contribution in [0.4, 0.5) is 10.1 Å². The Kier molecular flexibility index (Phi) is 3.53. The molecule has 0 aliphatic carbocycles. The number of benzene rings is 2. The Morgan fingerprint density at radius 3 is 2.80 bits per heavy atom. The molecular formula is C19H14FNO4. The number of hydrogen-bond acceptors (Lipinski definition) is 3. The van der Waals surface area contributed by atoms with Crippen molar-refractivity contribution in [3.63, 3.8) is 0 Å². The summed E-state index contributed by atoms with van der Waals surface area (Å²) in [5.41, 5.74) is 2.95. The standard InChI is InChI=1S/C19H14FNO4/c20-10-5-6-13-14(9-10)21-19(24)17(13)18-12-4-2-1-3-11(12)15(25-18)7-8-16(22)23/h1-6,9,15H,7-8H2,(H,21,24)(H,22,23)/b18-17+. The second-order valence-electron chi connectivity index (χ2n) is 5.97. The summed E-state index contributed by atoms with van der Waals surface area (Å²) in [6, 6.07) is 11.5. The first-order chi connectivity index (χ1) is 12.0. The lowest BCUT2D eigenvalue weighted by Gasteiger charge is -2.11. The Bertz CT molecular complexity index is 935. The Balaban J connectivity index is 1.82. The maximum Gasteiger partial charge on any atom is 0.303 e. The lowest BCUT2D eigenvalue weighted by Crippen LogP contribution is -2.06. The number of nitrogens with one attached hydrogen (secondary N) is 1. The molecule has 4 rings (SSSR count). The minimum absolute atomic E-state index is 0.0321. The molecule has 2 aromatic carbocycles. The van der Waals surface area contributed by atoms with Crippen LogP contribution in [0.2, 0.25) is 0 Å². The Labute approximate surface area is 142 Å². The van der Waals surface area contributed by atoms with E-state index in [-0.39, 0.29) is 12.3 Å². The summed E-state index contributed by atoms with van der Waals surface area (Å²) in [6.07, 6.45) is -0.150. The quantitative estimate of drug-likeness (QED) is 0.838. The van der Waals surface area contributed by atoms with Gasteiger partial charge >= 0.3 is 5.97 Å². The lowest BCUT2D eigenvalue weighted by atomic mass is 9.98. The highest BCUT2D eigenvalue weighted by molar-refractivity contribution is 6.36. The maximum atomic E-state index is 13.4. The second-order valence-corrected chi connectivity index (χ2v) is 5.97. The normalized spacial score (nSPS) is 20.7. The van der Waals surface area contributed by atoms with Crippen molar-refractivity contribution in [2.45, 2.75) is 18.9 Å². The molecule has 0 bridgehead atoms. The number of aliphatic carboxylic acids is 1. The summed E-state index contributed by atoms with van der Waals surface area (Å²) in [5.74, 6) is -1.28. The monoisotopic (exact) mass is 339 g/mol. The number of carboxylic acids is 1. The molecule has 2 aliphatic rings. The van der Waals surface area contributed by atoms with Crippen molar-refractivity contribution in [2.24, 2.45) is 0 Å². The fourth-order valence-corrected chi connectivity index (χ4v) is 3.29. The highest BCUT2D eigenvalue weighted by atomic mass is 19.1. The van der Waals surface area contributed by atoms with Crippen molar-refractivity contribution in [1.29, 1.82) is 0 Å². The van der Waals surface area contributed by atoms with E-state index in [1.807, 2.05) is 24.3 Å². The highest BCUT2D eigenvalue weighted by Gasteiger charge is 2.36. The van der Waals surface area contributed by atoms with Crippen molar-refractivity contribution in [2.75, 3.05) is 5.32 Å². The number of carbonyl (C=O) groups excluding carboxylic acids is 1. The minimum atomic E-state index is -0.901. The summed E-state index contributed by atoms with van der Waals surface area (Å²) in [5, 5.41) is 11.6. The van der Waals surface area contributed by atoms with Gasteiger partial charge in [-0.1, -0.05) is 24.3 Å². The van der Waals surface area contributed by atoms with Gasteiger partial charge in [-0.15, -0.1) is 0 Å². The van der Waals surface area contributed by atoms with Gasteiger partial charge in [-0.2, -0.15) is 0 Å². The molecule has 1 amide bonds. The summed E-state index contributed by atoms with van der Waals surface area (Å²) >= 11 is 0. The van der Waals surface area contributed by atoms with Gasteiger partial charge in [0.05, 0.1) is 11.3 Å². The van der Waals surface area contributed by atoms with Crippen LogP contribution in [0, 0.1) is 5.82 Å². The van der Waals surface area contributed by atoms with E-state index in [2.05, 4.69) is 5.32 Å². The molecule has 126 valence electrons. The van der Waals surface area contributed by atoms with E-state index in [9.17, 15) is 14.0 Å². The molecule has 0 saturated heterocycles. The van der Waals surface area contributed by atoms with Crippen LogP contribution in [0.15, 0.2) is 42.5 Å². The Morgan fingerprint density at radius 1 is 1.20 bits per heavy atom. The molecule has 25 heavy (non-hydrogen) atoms. The van der Waals surface area contributed by atoms with Crippen LogP contribution in [-0.4, -0.2) is 17.0 Å². The van der Waals surface area contributed by atoms with Gasteiger partial charge in [-0.3, -0.25) is 9.59 Å². The molecule has 2 aliphatic heterocycles. The zero-order chi connectivity index (χ0) is 17.6. The van der Waals surface area contributed by atoms with Gasteiger partial charge in [0.1, 0.15) is 17.7 Å². The predicted molar refractivity (Wildman–Crippen MR) is 89.0 cm³/mol. The summed E-state index contributed by atoms with van der Waals surface area (Å²) in [6.45, 7) is 0. The number of ether oxygens (including phenoxy) is 1. The smallest absolute Gasteiger partial charge is 0.303 e. The number of amides is 1. The average molecular weight is 339 g/mol. The van der Waals surface area contributed by atoms with E-state index in [0.717, 1.165) is 11.1 Å². The number of carboxylic acid groups (broad SMARTS) is 1. The highest BCUT2D eigenvalue weighted by Crippen LogP contribution is 2.46. The number of hydrogen-bond donors (Lipinski definition) is 2. The van der Waals surface area contributed by atoms with Crippen molar-refractivity contribution in [1.82, 2.24) is 0 Å². The fraction of sp³-hybridized carbons (Fsp3) is 0.158. The number of rotatable bonds is 3. The van der Waals surface area contributed by atoms with E-state index in [0.29, 0.717) is 29.0 Å². The van der Waals surface area contributed by atoms with Gasteiger partial charge in [-0.25, -0.2) is 4.39 Å². The van der Waals surface area contributed by atoms with Crippen LogP contribution < -0.4 is 5.32 Å². The van der Waals surface area contributed by atoms with Crippen molar-refractivity contribution < 1.29 is 23.8 Å². The molecule has 2 aromatic rings. The van der Waals surface area contributed by atoms with Crippen molar-refractivity contribution >= 4 is 28.9 Å². The molecule has 6 heteroatoms. The zero-order valence-corrected chi connectivity index (χ0v) is 13.1. The van der Waals surface area contributed by atoms with E-state index in [1.54, 1.807) is 6.07 Å². The van der Waals surface area contributed by atoms with E-state index >= 15 is 0 Å². The fourth-order valence-electron chi connectivity index (χ4n) is 3.29. The van der Waals surface area contributed by atoms with Crippen LogP contribution in [-0.2, 0) is 14.3 Å². The first kappa shape index (κ1) is 15.4. The van der Waals surface area contributed by atoms with Gasteiger partial charge in [-0.05, 0) is 24.6 Å². The average Bonchev–Trinajstić information content (AvgIpc) is 3.09. The summed E-state index contributed by atoms with van der Waals surface area (Å²) in [4.78, 5) is 23.3.